The molecule has 2 rings (SSSR count). The maximum Gasteiger partial charge on any atom is 0.122 e. The molecule has 2 aromatic rings. The molecular weight excluding hydrogens is 346 g/mol. The van der Waals surface area contributed by atoms with Gasteiger partial charge in [0.1, 0.15) is 5.82 Å². The van der Waals surface area contributed by atoms with Gasteiger partial charge < -0.3 is 0 Å². The van der Waals surface area contributed by atoms with Gasteiger partial charge in [0.05, 0.1) is 7.05 Å². The van der Waals surface area contributed by atoms with Crippen LogP contribution in [-0.2, 0) is 27.2 Å². The van der Waals surface area contributed by atoms with E-state index in [1.165, 1.54) is 4.80 Å². The number of nitrogens with zero attached hydrogens (tertiary/aromatic N) is 5. The summed E-state index contributed by atoms with van der Waals surface area (Å²) in [5, 5.41) is 11.5. The van der Waals surface area contributed by atoms with E-state index in [2.05, 4.69) is 26.5 Å². The second kappa shape index (κ2) is 4.20. The van der Waals surface area contributed by atoms with Crippen LogP contribution in [0.3, 0.4) is 0 Å². The number of hydrogen-bond acceptors (Lipinski definition) is 4. The van der Waals surface area contributed by atoms with Crippen molar-refractivity contribution in [2.24, 2.45) is 7.05 Å². The van der Waals surface area contributed by atoms with Crippen LogP contribution < -0.4 is 0 Å². The van der Waals surface area contributed by atoms with E-state index in [-0.39, 0.29) is 20.1 Å². The molecule has 0 saturated heterocycles. The van der Waals surface area contributed by atoms with Crippen LogP contribution in [0.2, 0.25) is 0 Å². The van der Waals surface area contributed by atoms with Crippen molar-refractivity contribution in [3.05, 3.63) is 24.4 Å². The summed E-state index contributed by atoms with van der Waals surface area (Å²) in [6.07, 6.45) is 1.67. The molecule has 2 heterocycles. The smallest absolute Gasteiger partial charge is 0.122 e. The third-order valence-corrected chi connectivity index (χ3v) is 1.33. The van der Waals surface area contributed by atoms with E-state index in [1.54, 1.807) is 25.4 Å². The molecule has 2 aromatic heterocycles. The predicted octanol–water partition coefficient (Wildman–Crippen LogP) is 0.0698. The molecule has 5 nitrogen and oxygen atoms in total. The fourth-order valence-electron chi connectivity index (χ4n) is 0.826. The predicted molar refractivity (Wildman–Crippen MR) is 40.9 cm³/mol. The summed E-state index contributed by atoms with van der Waals surface area (Å²) in [7, 11) is 1.71. The Morgan fingerprint density at radius 2 is 2.31 bits per heavy atom. The number of tetrazole rings is 1. The van der Waals surface area contributed by atoms with Crippen LogP contribution in [0.4, 0.5) is 0 Å². The van der Waals surface area contributed by atoms with Gasteiger partial charge in [-0.1, -0.05) is 5.21 Å². The molecule has 0 spiro atoms. The van der Waals surface area contributed by atoms with Crippen LogP contribution >= 0.6 is 0 Å². The van der Waals surface area contributed by atoms with Gasteiger partial charge in [0.25, 0.3) is 0 Å². The summed E-state index contributed by atoms with van der Waals surface area (Å²) in [6, 6.07) is 6.46. The minimum atomic E-state index is 0. The summed E-state index contributed by atoms with van der Waals surface area (Å²) in [6.45, 7) is 0. The van der Waals surface area contributed by atoms with Gasteiger partial charge in [0, 0.05) is 20.1 Å². The molecule has 0 N–H and O–H groups in total. The van der Waals surface area contributed by atoms with E-state index in [9.17, 15) is 0 Å². The van der Waals surface area contributed by atoms with Gasteiger partial charge in [-0.25, -0.2) is 0 Å². The van der Waals surface area contributed by atoms with Crippen molar-refractivity contribution in [3.8, 4) is 11.5 Å². The Morgan fingerprint density at radius 1 is 1.46 bits per heavy atom. The zero-order chi connectivity index (χ0) is 8.39. The standard InChI is InChI=1S/C7H6N5.Ir/c1-12-10-7(9-11-12)6-4-2-3-5-8-6;/h2-3,5H,1H3;/q-1;. The van der Waals surface area contributed by atoms with Crippen molar-refractivity contribution in [3.63, 3.8) is 0 Å². The Morgan fingerprint density at radius 3 is 2.85 bits per heavy atom. The molecule has 69 valence electrons. The quantitative estimate of drug-likeness (QED) is 0.682. The van der Waals surface area contributed by atoms with E-state index < -0.39 is 0 Å². The molecule has 0 bridgehead atoms. The first-order valence-corrected chi connectivity index (χ1v) is 3.43. The number of hydrogen-bond donors (Lipinski definition) is 0. The molecule has 0 amide bonds. The Balaban J connectivity index is 0.000000845. The first-order valence-electron chi connectivity index (χ1n) is 3.43. The summed E-state index contributed by atoms with van der Waals surface area (Å²) in [5.41, 5.74) is 0.616. The molecule has 0 saturated carbocycles. The van der Waals surface area contributed by atoms with Crippen molar-refractivity contribution < 1.29 is 20.1 Å². The Bertz CT molecular complexity index is 371. The number of pyridine rings is 1. The molecule has 0 aliphatic rings. The first kappa shape index (κ1) is 9.95. The molecule has 0 fully saturated rings. The molecule has 1 radical (unpaired) electrons. The first-order chi connectivity index (χ1) is 5.86. The summed E-state index contributed by atoms with van der Waals surface area (Å²) < 4.78 is 0. The van der Waals surface area contributed by atoms with Crippen LogP contribution in [0.5, 0.6) is 0 Å². The third kappa shape index (κ3) is 2.17. The zero-order valence-electron chi connectivity index (χ0n) is 6.80. The number of aryl methyl sites for hydroxylation is 1. The van der Waals surface area contributed by atoms with Gasteiger partial charge in [-0.3, -0.25) is 4.98 Å². The van der Waals surface area contributed by atoms with E-state index in [1.807, 2.05) is 0 Å². The van der Waals surface area contributed by atoms with Crippen molar-refractivity contribution in [1.29, 1.82) is 0 Å². The Hall–Kier alpha value is -1.13. The SMILES string of the molecule is Cn1nnc(-c2[c-]cccn2)n1.[Ir]. The molecule has 13 heavy (non-hydrogen) atoms. The minimum absolute atomic E-state index is 0. The van der Waals surface area contributed by atoms with Gasteiger partial charge in [-0.15, -0.1) is 6.07 Å². The van der Waals surface area contributed by atoms with Crippen LogP contribution in [0, 0.1) is 6.07 Å². The van der Waals surface area contributed by atoms with Crippen molar-refractivity contribution in [1.82, 2.24) is 25.2 Å². The molecule has 0 atom stereocenters. The molecule has 0 aliphatic heterocycles. The fourth-order valence-corrected chi connectivity index (χ4v) is 0.826. The van der Waals surface area contributed by atoms with E-state index in [4.69, 9.17) is 0 Å². The second-order valence-corrected chi connectivity index (χ2v) is 2.23. The molecule has 0 aliphatic carbocycles. The summed E-state index contributed by atoms with van der Waals surface area (Å²) >= 11 is 0. The monoisotopic (exact) mass is 353 g/mol. The largest absolute Gasteiger partial charge is 0.293 e. The second-order valence-electron chi connectivity index (χ2n) is 2.23. The van der Waals surface area contributed by atoms with Crippen LogP contribution in [0.1, 0.15) is 0 Å². The normalized spacial score (nSPS) is 9.31. The van der Waals surface area contributed by atoms with E-state index in [0.29, 0.717) is 11.5 Å². The number of aromatic nitrogens is 5. The molecule has 0 aromatic carbocycles. The van der Waals surface area contributed by atoms with Crippen LogP contribution in [0.15, 0.2) is 18.3 Å². The minimum Gasteiger partial charge on any atom is -0.293 e. The van der Waals surface area contributed by atoms with Crippen molar-refractivity contribution in [2.45, 2.75) is 0 Å². The maximum absolute atomic E-state index is 4.03. The zero-order valence-corrected chi connectivity index (χ0v) is 9.20. The summed E-state index contributed by atoms with van der Waals surface area (Å²) in [4.78, 5) is 5.42. The van der Waals surface area contributed by atoms with Gasteiger partial charge in [0.2, 0.25) is 0 Å². The third-order valence-electron chi connectivity index (χ3n) is 1.33. The van der Waals surface area contributed by atoms with E-state index >= 15 is 0 Å². The number of rotatable bonds is 1. The van der Waals surface area contributed by atoms with Crippen molar-refractivity contribution in [2.75, 3.05) is 0 Å². The average Bonchev–Trinajstić information content (AvgIpc) is 2.54. The maximum atomic E-state index is 4.03. The van der Waals surface area contributed by atoms with Gasteiger partial charge >= 0.3 is 0 Å². The van der Waals surface area contributed by atoms with Gasteiger partial charge in [-0.05, 0) is 11.9 Å². The van der Waals surface area contributed by atoms with Gasteiger partial charge in [-0.2, -0.15) is 27.1 Å². The van der Waals surface area contributed by atoms with Crippen LogP contribution in [-0.4, -0.2) is 25.2 Å². The van der Waals surface area contributed by atoms with Crippen molar-refractivity contribution >= 4 is 0 Å². The topological polar surface area (TPSA) is 56.5 Å². The molecular formula is C7H6IrN5-. The molecule has 6 heteroatoms. The summed E-state index contributed by atoms with van der Waals surface area (Å²) in [5.74, 6) is 0.498. The molecule has 0 unspecified atom stereocenters. The van der Waals surface area contributed by atoms with Gasteiger partial charge in [0.15, 0.2) is 0 Å². The average molecular weight is 352 g/mol. The Kier molecular flexibility index (Phi) is 3.22. The Labute approximate surface area is 88.5 Å². The van der Waals surface area contributed by atoms with Crippen LogP contribution in [0.25, 0.3) is 11.5 Å². The fraction of sp³-hybridized carbons (Fsp3) is 0.143. The van der Waals surface area contributed by atoms with E-state index in [0.717, 1.165) is 0 Å².